The Labute approximate surface area is 169 Å². The molecule has 0 aromatic heterocycles. The first-order valence-corrected chi connectivity index (χ1v) is 9.03. The van der Waals surface area contributed by atoms with Crippen LogP contribution in [0.5, 0.6) is 5.75 Å². The molecule has 0 saturated heterocycles. The van der Waals surface area contributed by atoms with E-state index in [9.17, 15) is 9.59 Å². The van der Waals surface area contributed by atoms with Crippen molar-refractivity contribution in [1.29, 1.82) is 5.26 Å². The molecule has 2 aromatic carbocycles. The Morgan fingerprint density at radius 2 is 1.90 bits per heavy atom. The van der Waals surface area contributed by atoms with Crippen molar-refractivity contribution in [3.8, 4) is 11.8 Å². The van der Waals surface area contributed by atoms with Gasteiger partial charge in [0.25, 0.3) is 0 Å². The van der Waals surface area contributed by atoms with E-state index in [0.29, 0.717) is 11.3 Å². The summed E-state index contributed by atoms with van der Waals surface area (Å²) in [4.78, 5) is 24.1. The van der Waals surface area contributed by atoms with Gasteiger partial charge in [0.2, 0.25) is 5.91 Å². The van der Waals surface area contributed by atoms with Gasteiger partial charge in [-0.15, -0.1) is 0 Å². The highest BCUT2D eigenvalue weighted by Gasteiger charge is 2.18. The second kappa shape index (κ2) is 11.8. The number of alkyl carbamates (subject to hydrolysis) is 1. The van der Waals surface area contributed by atoms with Gasteiger partial charge < -0.3 is 14.8 Å². The summed E-state index contributed by atoms with van der Waals surface area (Å²) in [6.45, 7) is 1.85. The number of ether oxygens (including phenoxy) is 2. The van der Waals surface area contributed by atoms with E-state index in [-0.39, 0.29) is 25.5 Å². The molecule has 0 fully saturated rings. The van der Waals surface area contributed by atoms with Gasteiger partial charge in [0, 0.05) is 5.56 Å². The maximum atomic E-state index is 12.3. The largest absolute Gasteiger partial charge is 0.478 e. The molecule has 0 spiro atoms. The molecule has 0 unspecified atom stereocenters. The SMILES string of the molecule is CCOC(=O)N[C@H](CC(=O)N/N=C\c1ccccc1OCC#N)c1ccccc1. The Morgan fingerprint density at radius 3 is 2.62 bits per heavy atom. The number of rotatable bonds is 9. The van der Waals surface area contributed by atoms with Gasteiger partial charge >= 0.3 is 6.09 Å². The fourth-order valence-electron chi connectivity index (χ4n) is 2.49. The predicted molar refractivity (Wildman–Crippen MR) is 107 cm³/mol. The van der Waals surface area contributed by atoms with Crippen LogP contribution in [0.1, 0.15) is 30.5 Å². The van der Waals surface area contributed by atoms with Crippen molar-refractivity contribution in [3.63, 3.8) is 0 Å². The average molecular weight is 394 g/mol. The van der Waals surface area contributed by atoms with E-state index in [1.807, 2.05) is 36.4 Å². The molecule has 2 aromatic rings. The molecule has 0 aliphatic rings. The van der Waals surface area contributed by atoms with Crippen LogP contribution in [-0.4, -0.2) is 31.4 Å². The van der Waals surface area contributed by atoms with E-state index >= 15 is 0 Å². The highest BCUT2D eigenvalue weighted by atomic mass is 16.5. The van der Waals surface area contributed by atoms with Gasteiger partial charge in [0.05, 0.1) is 25.3 Å². The van der Waals surface area contributed by atoms with Gasteiger partial charge in [-0.2, -0.15) is 10.4 Å². The minimum absolute atomic E-state index is 0.0211. The molecule has 2 rings (SSSR count). The molecule has 8 nitrogen and oxygen atoms in total. The summed E-state index contributed by atoms with van der Waals surface area (Å²) in [5.74, 6) is 0.0977. The molecule has 0 radical (unpaired) electrons. The van der Waals surface area contributed by atoms with Crippen molar-refractivity contribution in [2.75, 3.05) is 13.2 Å². The lowest BCUT2D eigenvalue weighted by molar-refractivity contribution is -0.121. The minimum atomic E-state index is -0.596. The molecule has 2 N–H and O–H groups in total. The van der Waals surface area contributed by atoms with Crippen LogP contribution in [0.15, 0.2) is 59.7 Å². The Kier molecular flexibility index (Phi) is 8.70. The summed E-state index contributed by atoms with van der Waals surface area (Å²) in [6.07, 6.45) is 0.814. The fraction of sp³-hybridized carbons (Fsp3) is 0.238. The number of para-hydroxylation sites is 1. The number of nitriles is 1. The zero-order valence-electron chi connectivity index (χ0n) is 16.0. The van der Waals surface area contributed by atoms with Gasteiger partial charge in [-0.3, -0.25) is 4.79 Å². The number of nitrogens with one attached hydrogen (secondary N) is 2. The van der Waals surface area contributed by atoms with Crippen molar-refractivity contribution in [2.45, 2.75) is 19.4 Å². The monoisotopic (exact) mass is 394 g/mol. The maximum absolute atomic E-state index is 12.3. The van der Waals surface area contributed by atoms with E-state index < -0.39 is 12.1 Å². The smallest absolute Gasteiger partial charge is 0.407 e. The van der Waals surface area contributed by atoms with Gasteiger partial charge in [-0.25, -0.2) is 10.2 Å². The molecule has 29 heavy (non-hydrogen) atoms. The normalized spacial score (nSPS) is 11.3. The number of carbonyl (C=O) groups excluding carboxylic acids is 2. The summed E-state index contributed by atoms with van der Waals surface area (Å²) in [5.41, 5.74) is 3.83. The van der Waals surface area contributed by atoms with Crippen LogP contribution in [-0.2, 0) is 9.53 Å². The van der Waals surface area contributed by atoms with Crippen LogP contribution in [0, 0.1) is 11.3 Å². The first-order valence-electron chi connectivity index (χ1n) is 9.03. The lowest BCUT2D eigenvalue weighted by Gasteiger charge is -2.18. The Balaban J connectivity index is 2.00. The van der Waals surface area contributed by atoms with E-state index in [1.165, 1.54) is 6.21 Å². The second-order valence-corrected chi connectivity index (χ2v) is 5.81. The summed E-state index contributed by atoms with van der Waals surface area (Å²) < 4.78 is 10.2. The molecule has 0 bridgehead atoms. The Hall–Kier alpha value is -3.86. The van der Waals surface area contributed by atoms with Crippen molar-refractivity contribution in [2.24, 2.45) is 5.10 Å². The standard InChI is InChI=1S/C21H22N4O4/c1-2-28-21(27)24-18(16-8-4-3-5-9-16)14-20(26)25-23-15-17-10-6-7-11-19(17)29-13-12-22/h3-11,15,18H,2,13-14H2,1H3,(H,24,27)(H,25,26)/b23-15-/t18-/m1/s1. The Bertz CT molecular complexity index is 878. The lowest BCUT2D eigenvalue weighted by atomic mass is 10.0. The topological polar surface area (TPSA) is 113 Å². The van der Waals surface area contributed by atoms with Crippen molar-refractivity contribution in [1.82, 2.24) is 10.7 Å². The maximum Gasteiger partial charge on any atom is 0.407 e. The zero-order chi connectivity index (χ0) is 20.9. The quantitative estimate of drug-likeness (QED) is 0.501. The van der Waals surface area contributed by atoms with Crippen LogP contribution >= 0.6 is 0 Å². The summed E-state index contributed by atoms with van der Waals surface area (Å²) in [7, 11) is 0. The minimum Gasteiger partial charge on any atom is -0.478 e. The Morgan fingerprint density at radius 1 is 1.17 bits per heavy atom. The number of amides is 2. The summed E-state index contributed by atoms with van der Waals surface area (Å²) >= 11 is 0. The van der Waals surface area contributed by atoms with Gasteiger partial charge in [-0.1, -0.05) is 42.5 Å². The molecule has 0 heterocycles. The molecule has 150 valence electrons. The molecular formula is C21H22N4O4. The number of nitrogens with zero attached hydrogens (tertiary/aromatic N) is 2. The molecule has 0 aliphatic heterocycles. The summed E-state index contributed by atoms with van der Waals surface area (Å²) in [6, 6.07) is 17.5. The van der Waals surface area contributed by atoms with Crippen LogP contribution < -0.4 is 15.5 Å². The molecule has 2 amide bonds. The molecule has 0 saturated carbocycles. The van der Waals surface area contributed by atoms with Gasteiger partial charge in [-0.05, 0) is 24.6 Å². The predicted octanol–water partition coefficient (Wildman–Crippen LogP) is 2.92. The van der Waals surface area contributed by atoms with Crippen LogP contribution in [0.25, 0.3) is 0 Å². The molecular weight excluding hydrogens is 372 g/mol. The van der Waals surface area contributed by atoms with Crippen LogP contribution in [0.2, 0.25) is 0 Å². The van der Waals surface area contributed by atoms with E-state index in [4.69, 9.17) is 14.7 Å². The van der Waals surface area contributed by atoms with Gasteiger partial charge in [0.1, 0.15) is 11.8 Å². The van der Waals surface area contributed by atoms with Gasteiger partial charge in [0.15, 0.2) is 6.61 Å². The third-order valence-corrected chi connectivity index (χ3v) is 3.76. The molecule has 0 aliphatic carbocycles. The first-order chi connectivity index (χ1) is 14.1. The number of hydrazone groups is 1. The number of hydrogen-bond acceptors (Lipinski definition) is 6. The number of hydrogen-bond donors (Lipinski definition) is 2. The van der Waals surface area contributed by atoms with Crippen molar-refractivity contribution < 1.29 is 19.1 Å². The van der Waals surface area contributed by atoms with Crippen LogP contribution in [0.4, 0.5) is 4.79 Å². The highest BCUT2D eigenvalue weighted by Crippen LogP contribution is 2.17. The number of benzene rings is 2. The first kappa shape index (κ1) is 21.4. The van der Waals surface area contributed by atoms with E-state index in [1.54, 1.807) is 31.2 Å². The van der Waals surface area contributed by atoms with Crippen LogP contribution in [0.3, 0.4) is 0 Å². The highest BCUT2D eigenvalue weighted by molar-refractivity contribution is 5.85. The van der Waals surface area contributed by atoms with E-state index in [0.717, 1.165) is 5.56 Å². The lowest BCUT2D eigenvalue weighted by Crippen LogP contribution is -2.33. The average Bonchev–Trinajstić information content (AvgIpc) is 2.73. The summed E-state index contributed by atoms with van der Waals surface area (Å²) in [5, 5.41) is 15.3. The zero-order valence-corrected chi connectivity index (χ0v) is 16.0. The second-order valence-electron chi connectivity index (χ2n) is 5.81. The third kappa shape index (κ3) is 7.34. The molecule has 1 atom stereocenters. The number of carbonyl (C=O) groups is 2. The van der Waals surface area contributed by atoms with E-state index in [2.05, 4.69) is 15.8 Å². The van der Waals surface area contributed by atoms with Crippen molar-refractivity contribution >= 4 is 18.2 Å². The fourth-order valence-corrected chi connectivity index (χ4v) is 2.49. The third-order valence-electron chi connectivity index (χ3n) is 3.76. The molecule has 8 heteroatoms. The van der Waals surface area contributed by atoms with Crippen molar-refractivity contribution in [3.05, 3.63) is 65.7 Å².